The minimum atomic E-state index is 0.760. The van der Waals surface area contributed by atoms with Gasteiger partial charge in [0.2, 0.25) is 0 Å². The van der Waals surface area contributed by atoms with Crippen LogP contribution in [0.4, 0.5) is 11.6 Å². The second-order valence-electron chi connectivity index (χ2n) is 5.12. The molecule has 7 heteroatoms. The molecule has 1 aliphatic heterocycles. The van der Waals surface area contributed by atoms with Crippen molar-refractivity contribution < 1.29 is 4.74 Å². The van der Waals surface area contributed by atoms with E-state index >= 15 is 0 Å². The fraction of sp³-hybridized carbons (Fsp3) is 0.533. The molecule has 0 radical (unpaired) electrons. The summed E-state index contributed by atoms with van der Waals surface area (Å²) in [6.07, 6.45) is 3.53. The van der Waals surface area contributed by atoms with Crippen LogP contribution >= 0.6 is 11.3 Å². The molecular weight excluding hydrogens is 298 g/mol. The molecule has 6 nitrogen and oxygen atoms in total. The van der Waals surface area contributed by atoms with E-state index < -0.39 is 0 Å². The molecule has 0 bridgehead atoms. The maximum atomic E-state index is 5.37. The standard InChI is InChI=1S/C15H21N5OS/c1-2-15-19-12(10-22-15)3-4-16-13-9-14(18-11-17-13)20-5-7-21-8-6-20/h9-11H,2-8H2,1H3,(H,16,17,18). The van der Waals surface area contributed by atoms with Crippen molar-refractivity contribution in [3.05, 3.63) is 28.5 Å². The molecule has 3 rings (SSSR count). The van der Waals surface area contributed by atoms with Crippen molar-refractivity contribution in [2.75, 3.05) is 43.1 Å². The van der Waals surface area contributed by atoms with Crippen molar-refractivity contribution in [3.63, 3.8) is 0 Å². The maximum absolute atomic E-state index is 5.37. The first-order valence-corrected chi connectivity index (χ1v) is 8.55. The Morgan fingerprint density at radius 3 is 2.95 bits per heavy atom. The number of thiazole rings is 1. The van der Waals surface area contributed by atoms with Crippen LogP contribution in [-0.4, -0.2) is 47.8 Å². The first-order chi connectivity index (χ1) is 10.8. The van der Waals surface area contributed by atoms with E-state index in [9.17, 15) is 0 Å². The molecule has 1 saturated heterocycles. The Morgan fingerprint density at radius 1 is 1.32 bits per heavy atom. The van der Waals surface area contributed by atoms with Crippen LogP contribution < -0.4 is 10.2 Å². The van der Waals surface area contributed by atoms with Gasteiger partial charge in [-0.05, 0) is 6.42 Å². The van der Waals surface area contributed by atoms with Gasteiger partial charge < -0.3 is 15.0 Å². The SMILES string of the molecule is CCc1nc(CCNc2cc(N3CCOCC3)ncn2)cs1. The Hall–Kier alpha value is -1.73. The van der Waals surface area contributed by atoms with Gasteiger partial charge in [-0.2, -0.15) is 0 Å². The highest BCUT2D eigenvalue weighted by Gasteiger charge is 2.12. The van der Waals surface area contributed by atoms with Gasteiger partial charge in [0.1, 0.15) is 18.0 Å². The summed E-state index contributed by atoms with van der Waals surface area (Å²) in [4.78, 5) is 15.4. The molecule has 0 aliphatic carbocycles. The molecule has 2 aromatic heterocycles. The van der Waals surface area contributed by atoms with E-state index in [1.54, 1.807) is 17.7 Å². The lowest BCUT2D eigenvalue weighted by Crippen LogP contribution is -2.36. The second kappa shape index (κ2) is 7.51. The third-order valence-corrected chi connectivity index (χ3v) is 4.62. The highest BCUT2D eigenvalue weighted by molar-refractivity contribution is 7.09. The molecular formula is C15H21N5OS. The fourth-order valence-electron chi connectivity index (χ4n) is 2.35. The molecule has 0 saturated carbocycles. The number of hydrogen-bond acceptors (Lipinski definition) is 7. The summed E-state index contributed by atoms with van der Waals surface area (Å²) in [7, 11) is 0. The Kier molecular flexibility index (Phi) is 5.18. The smallest absolute Gasteiger partial charge is 0.134 e. The van der Waals surface area contributed by atoms with Gasteiger partial charge in [0.25, 0.3) is 0 Å². The minimum Gasteiger partial charge on any atom is -0.378 e. The summed E-state index contributed by atoms with van der Waals surface area (Å²) in [6, 6.07) is 2.00. The first kappa shape index (κ1) is 15.2. The van der Waals surface area contributed by atoms with E-state index in [0.29, 0.717) is 0 Å². The number of rotatable bonds is 6. The zero-order valence-electron chi connectivity index (χ0n) is 12.8. The summed E-state index contributed by atoms with van der Waals surface area (Å²) in [6.45, 7) is 6.25. The Balaban J connectivity index is 1.53. The van der Waals surface area contributed by atoms with Crippen molar-refractivity contribution in [3.8, 4) is 0 Å². The number of ether oxygens (including phenoxy) is 1. The number of morpholine rings is 1. The summed E-state index contributed by atoms with van der Waals surface area (Å²) < 4.78 is 5.37. The van der Waals surface area contributed by atoms with Crippen LogP contribution in [0.25, 0.3) is 0 Å². The van der Waals surface area contributed by atoms with E-state index in [1.165, 1.54) is 5.01 Å². The molecule has 118 valence electrons. The third-order valence-electron chi connectivity index (χ3n) is 3.58. The third kappa shape index (κ3) is 3.92. The first-order valence-electron chi connectivity index (χ1n) is 7.67. The number of anilines is 2. The van der Waals surface area contributed by atoms with Crippen LogP contribution in [0.3, 0.4) is 0 Å². The number of aromatic nitrogens is 3. The summed E-state index contributed by atoms with van der Waals surface area (Å²) >= 11 is 1.73. The largest absolute Gasteiger partial charge is 0.378 e. The maximum Gasteiger partial charge on any atom is 0.134 e. The zero-order valence-corrected chi connectivity index (χ0v) is 13.6. The van der Waals surface area contributed by atoms with E-state index in [1.807, 2.05) is 6.07 Å². The van der Waals surface area contributed by atoms with Gasteiger partial charge in [0.15, 0.2) is 0 Å². The average Bonchev–Trinajstić information content (AvgIpc) is 3.04. The fourth-order valence-corrected chi connectivity index (χ4v) is 3.13. The highest BCUT2D eigenvalue weighted by Crippen LogP contribution is 2.16. The Bertz CT molecular complexity index is 597. The quantitative estimate of drug-likeness (QED) is 0.878. The van der Waals surface area contributed by atoms with Crippen LogP contribution in [0.1, 0.15) is 17.6 Å². The van der Waals surface area contributed by atoms with Crippen LogP contribution in [0.15, 0.2) is 17.8 Å². The summed E-state index contributed by atoms with van der Waals surface area (Å²) in [5.41, 5.74) is 1.15. The minimum absolute atomic E-state index is 0.760. The van der Waals surface area contributed by atoms with E-state index in [-0.39, 0.29) is 0 Å². The second-order valence-corrected chi connectivity index (χ2v) is 6.07. The van der Waals surface area contributed by atoms with Crippen LogP contribution in [0.2, 0.25) is 0 Å². The van der Waals surface area contributed by atoms with Crippen molar-refractivity contribution in [2.45, 2.75) is 19.8 Å². The van der Waals surface area contributed by atoms with E-state index in [0.717, 1.165) is 63.0 Å². The monoisotopic (exact) mass is 319 g/mol. The molecule has 0 spiro atoms. The Labute approximate surface area is 134 Å². The zero-order chi connectivity index (χ0) is 15.2. The molecule has 3 heterocycles. The lowest BCUT2D eigenvalue weighted by atomic mass is 10.3. The predicted molar refractivity (Wildman–Crippen MR) is 88.7 cm³/mol. The van der Waals surface area contributed by atoms with Gasteiger partial charge >= 0.3 is 0 Å². The van der Waals surface area contributed by atoms with E-state index in [4.69, 9.17) is 4.74 Å². The number of aryl methyl sites for hydroxylation is 1. The summed E-state index contributed by atoms with van der Waals surface area (Å²) in [5.74, 6) is 1.82. The average molecular weight is 319 g/mol. The molecule has 0 atom stereocenters. The topological polar surface area (TPSA) is 63.2 Å². The van der Waals surface area contributed by atoms with Gasteiger partial charge in [0, 0.05) is 37.5 Å². The lowest BCUT2D eigenvalue weighted by Gasteiger charge is -2.27. The van der Waals surface area contributed by atoms with Crippen molar-refractivity contribution in [2.24, 2.45) is 0 Å². The lowest BCUT2D eigenvalue weighted by molar-refractivity contribution is 0.122. The molecule has 1 aliphatic rings. The molecule has 1 N–H and O–H groups in total. The van der Waals surface area contributed by atoms with Crippen LogP contribution in [0, 0.1) is 0 Å². The van der Waals surface area contributed by atoms with Gasteiger partial charge in [-0.1, -0.05) is 6.92 Å². The normalized spacial score (nSPS) is 15.0. The molecule has 2 aromatic rings. The number of nitrogens with one attached hydrogen (secondary N) is 1. The molecule has 0 unspecified atom stereocenters. The molecule has 0 aromatic carbocycles. The van der Waals surface area contributed by atoms with Crippen LogP contribution in [-0.2, 0) is 17.6 Å². The predicted octanol–water partition coefficient (Wildman–Crippen LogP) is 1.99. The number of nitrogens with zero attached hydrogens (tertiary/aromatic N) is 4. The molecule has 22 heavy (non-hydrogen) atoms. The van der Waals surface area contributed by atoms with Crippen molar-refractivity contribution >= 4 is 23.0 Å². The van der Waals surface area contributed by atoms with Gasteiger partial charge in [-0.3, -0.25) is 0 Å². The highest BCUT2D eigenvalue weighted by atomic mass is 32.1. The van der Waals surface area contributed by atoms with Gasteiger partial charge in [-0.15, -0.1) is 11.3 Å². The number of hydrogen-bond donors (Lipinski definition) is 1. The molecule has 1 fully saturated rings. The molecule has 0 amide bonds. The summed E-state index contributed by atoms with van der Waals surface area (Å²) in [5, 5.41) is 6.69. The van der Waals surface area contributed by atoms with Crippen molar-refractivity contribution in [1.82, 2.24) is 15.0 Å². The van der Waals surface area contributed by atoms with Crippen molar-refractivity contribution in [1.29, 1.82) is 0 Å². The van der Waals surface area contributed by atoms with Gasteiger partial charge in [0.05, 0.1) is 23.9 Å². The van der Waals surface area contributed by atoms with Gasteiger partial charge in [-0.25, -0.2) is 15.0 Å². The van der Waals surface area contributed by atoms with E-state index in [2.05, 4.69) is 37.5 Å². The Morgan fingerprint density at radius 2 is 2.18 bits per heavy atom. The van der Waals surface area contributed by atoms with Crippen LogP contribution in [0.5, 0.6) is 0 Å².